The smallest absolute Gasteiger partial charge is 0.165 e. The van der Waals surface area contributed by atoms with Crippen molar-refractivity contribution < 1.29 is 18.7 Å². The van der Waals surface area contributed by atoms with Crippen molar-refractivity contribution in [2.75, 3.05) is 13.7 Å². The maximum atomic E-state index is 13.4. The normalized spacial score (nSPS) is 15.4. The van der Waals surface area contributed by atoms with Crippen LogP contribution in [0.25, 0.3) is 0 Å². The van der Waals surface area contributed by atoms with Crippen LogP contribution in [0.15, 0.2) is 34.7 Å². The number of halogens is 1. The van der Waals surface area contributed by atoms with Gasteiger partial charge in [0.25, 0.3) is 0 Å². The number of hydrogen-bond acceptors (Lipinski definition) is 4. The number of benzene rings is 1. The van der Waals surface area contributed by atoms with E-state index < -0.39 is 11.4 Å². The summed E-state index contributed by atoms with van der Waals surface area (Å²) in [4.78, 5) is 0. The summed E-state index contributed by atoms with van der Waals surface area (Å²) in [6.45, 7) is 5.77. The predicted octanol–water partition coefficient (Wildman–Crippen LogP) is 3.29. The van der Waals surface area contributed by atoms with Gasteiger partial charge in [0, 0.05) is 12.6 Å². The summed E-state index contributed by atoms with van der Waals surface area (Å²) in [7, 11) is 1.43. The van der Waals surface area contributed by atoms with Crippen LogP contribution >= 0.6 is 0 Å². The average molecular weight is 307 g/mol. The van der Waals surface area contributed by atoms with E-state index in [1.165, 1.54) is 13.2 Å². The van der Waals surface area contributed by atoms with E-state index in [0.29, 0.717) is 12.3 Å². The summed E-state index contributed by atoms with van der Waals surface area (Å²) < 4.78 is 23.9. The Morgan fingerprint density at radius 3 is 2.68 bits per heavy atom. The minimum atomic E-state index is -1.12. The molecule has 0 aliphatic rings. The molecule has 1 aromatic carbocycles. The van der Waals surface area contributed by atoms with Crippen LogP contribution in [-0.2, 0) is 5.60 Å². The largest absolute Gasteiger partial charge is 0.494 e. The molecule has 1 aromatic heterocycles. The van der Waals surface area contributed by atoms with Gasteiger partial charge in [-0.1, -0.05) is 6.07 Å². The van der Waals surface area contributed by atoms with Crippen LogP contribution in [0, 0.1) is 12.7 Å². The molecule has 2 rings (SSSR count). The third kappa shape index (κ3) is 3.67. The first-order valence-electron chi connectivity index (χ1n) is 7.19. The maximum Gasteiger partial charge on any atom is 0.165 e. The van der Waals surface area contributed by atoms with Crippen LogP contribution in [0.5, 0.6) is 5.75 Å². The van der Waals surface area contributed by atoms with Crippen molar-refractivity contribution >= 4 is 0 Å². The van der Waals surface area contributed by atoms with E-state index in [4.69, 9.17) is 9.15 Å². The van der Waals surface area contributed by atoms with E-state index in [9.17, 15) is 9.50 Å². The Bertz CT molecular complexity index is 637. The van der Waals surface area contributed by atoms with E-state index in [-0.39, 0.29) is 11.8 Å². The second kappa shape index (κ2) is 6.50. The number of furan rings is 1. The predicted molar refractivity (Wildman–Crippen MR) is 82.4 cm³/mol. The lowest BCUT2D eigenvalue weighted by Gasteiger charge is -2.24. The second-order valence-corrected chi connectivity index (χ2v) is 5.68. The van der Waals surface area contributed by atoms with Crippen LogP contribution in [0.3, 0.4) is 0 Å². The van der Waals surface area contributed by atoms with E-state index in [2.05, 4.69) is 5.32 Å². The highest BCUT2D eigenvalue weighted by molar-refractivity contribution is 5.32. The fraction of sp³-hybridized carbons (Fsp3) is 0.412. The summed E-state index contributed by atoms with van der Waals surface area (Å²) in [5, 5.41) is 13.7. The molecule has 0 spiro atoms. The molecule has 4 nitrogen and oxygen atoms in total. The first kappa shape index (κ1) is 16.5. The van der Waals surface area contributed by atoms with Gasteiger partial charge in [-0.2, -0.15) is 0 Å². The zero-order valence-electron chi connectivity index (χ0n) is 13.3. The molecule has 2 aromatic rings. The highest BCUT2D eigenvalue weighted by Crippen LogP contribution is 2.25. The topological polar surface area (TPSA) is 54.6 Å². The van der Waals surface area contributed by atoms with Gasteiger partial charge in [-0.25, -0.2) is 4.39 Å². The molecule has 0 amide bonds. The highest BCUT2D eigenvalue weighted by Gasteiger charge is 2.27. The molecule has 0 aliphatic heterocycles. The van der Waals surface area contributed by atoms with Crippen molar-refractivity contribution in [3.63, 3.8) is 0 Å². The van der Waals surface area contributed by atoms with Crippen LogP contribution in [0.2, 0.25) is 0 Å². The molecular formula is C17H22FNO3. The van der Waals surface area contributed by atoms with Gasteiger partial charge in [-0.05, 0) is 50.6 Å². The number of aryl methyl sites for hydroxylation is 1. The van der Waals surface area contributed by atoms with Crippen molar-refractivity contribution in [2.24, 2.45) is 0 Å². The molecule has 120 valence electrons. The quantitative estimate of drug-likeness (QED) is 0.860. The van der Waals surface area contributed by atoms with Crippen molar-refractivity contribution in [3.8, 4) is 5.75 Å². The minimum Gasteiger partial charge on any atom is -0.494 e. The molecule has 22 heavy (non-hydrogen) atoms. The fourth-order valence-electron chi connectivity index (χ4n) is 2.23. The Labute approximate surface area is 129 Å². The molecule has 2 atom stereocenters. The van der Waals surface area contributed by atoms with Gasteiger partial charge in [0.15, 0.2) is 11.6 Å². The van der Waals surface area contributed by atoms with Crippen LogP contribution in [0.1, 0.15) is 37.0 Å². The molecule has 0 saturated heterocycles. The summed E-state index contributed by atoms with van der Waals surface area (Å²) in [5.74, 6) is 1.09. The second-order valence-electron chi connectivity index (χ2n) is 5.68. The molecule has 1 heterocycles. The van der Waals surface area contributed by atoms with Gasteiger partial charge in [0.05, 0.1) is 7.11 Å². The lowest BCUT2D eigenvalue weighted by Crippen LogP contribution is -2.36. The fourth-order valence-corrected chi connectivity index (χ4v) is 2.23. The molecular weight excluding hydrogens is 285 g/mol. The Morgan fingerprint density at radius 1 is 1.36 bits per heavy atom. The van der Waals surface area contributed by atoms with E-state index in [1.54, 1.807) is 25.1 Å². The van der Waals surface area contributed by atoms with Crippen molar-refractivity contribution in [1.82, 2.24) is 5.32 Å². The number of rotatable bonds is 6. The lowest BCUT2D eigenvalue weighted by atomic mass is 10.0. The van der Waals surface area contributed by atoms with Gasteiger partial charge in [-0.15, -0.1) is 0 Å². The van der Waals surface area contributed by atoms with Gasteiger partial charge in [0.2, 0.25) is 0 Å². The maximum absolute atomic E-state index is 13.4. The Morgan fingerprint density at radius 2 is 2.09 bits per heavy atom. The number of nitrogens with one attached hydrogen (secondary N) is 1. The number of methoxy groups -OCH3 is 1. The SMILES string of the molecule is COc1cc(C(C)NCC(C)(O)c2ccc(C)o2)ccc1F. The van der Waals surface area contributed by atoms with Crippen LogP contribution in [0.4, 0.5) is 4.39 Å². The Kier molecular flexibility index (Phi) is 4.88. The zero-order valence-corrected chi connectivity index (χ0v) is 13.3. The standard InChI is InChI=1S/C17H22FNO3/c1-11-5-8-16(22-11)17(3,20)10-19-12(2)13-6-7-14(18)15(9-13)21-4/h5-9,12,19-20H,10H2,1-4H3. The Balaban J connectivity index is 2.04. The van der Waals surface area contributed by atoms with Crippen molar-refractivity contribution in [1.29, 1.82) is 0 Å². The van der Waals surface area contributed by atoms with Gasteiger partial charge in [-0.3, -0.25) is 0 Å². The third-order valence-electron chi connectivity index (χ3n) is 3.70. The molecule has 0 saturated carbocycles. The molecule has 0 radical (unpaired) electrons. The van der Waals surface area contributed by atoms with Crippen LogP contribution in [-0.4, -0.2) is 18.8 Å². The van der Waals surface area contributed by atoms with Crippen molar-refractivity contribution in [3.05, 3.63) is 53.2 Å². The average Bonchev–Trinajstić information content (AvgIpc) is 2.93. The molecule has 0 fully saturated rings. The molecule has 0 aliphatic carbocycles. The number of hydrogen-bond donors (Lipinski definition) is 2. The van der Waals surface area contributed by atoms with E-state index in [0.717, 1.165) is 11.3 Å². The van der Waals surface area contributed by atoms with E-state index >= 15 is 0 Å². The summed E-state index contributed by atoms with van der Waals surface area (Å²) in [5.41, 5.74) is -0.239. The lowest BCUT2D eigenvalue weighted by molar-refractivity contribution is 0.0313. The molecule has 2 N–H and O–H groups in total. The number of aliphatic hydroxyl groups is 1. The summed E-state index contributed by atoms with van der Waals surface area (Å²) in [6.07, 6.45) is 0. The van der Waals surface area contributed by atoms with Gasteiger partial charge >= 0.3 is 0 Å². The third-order valence-corrected chi connectivity index (χ3v) is 3.70. The molecule has 5 heteroatoms. The Hall–Kier alpha value is -1.85. The van der Waals surface area contributed by atoms with Gasteiger partial charge in [0.1, 0.15) is 17.1 Å². The summed E-state index contributed by atoms with van der Waals surface area (Å²) >= 11 is 0. The molecule has 2 unspecified atom stereocenters. The van der Waals surface area contributed by atoms with Crippen molar-refractivity contribution in [2.45, 2.75) is 32.4 Å². The highest BCUT2D eigenvalue weighted by atomic mass is 19.1. The first-order chi connectivity index (χ1) is 10.3. The minimum absolute atomic E-state index is 0.0722. The van der Waals surface area contributed by atoms with Crippen LogP contribution < -0.4 is 10.1 Å². The molecule has 0 bridgehead atoms. The first-order valence-corrected chi connectivity index (χ1v) is 7.19. The summed E-state index contributed by atoms with van der Waals surface area (Å²) in [6, 6.07) is 8.23. The zero-order chi connectivity index (χ0) is 16.3. The van der Waals surface area contributed by atoms with Gasteiger partial charge < -0.3 is 19.6 Å². The monoisotopic (exact) mass is 307 g/mol. The van der Waals surface area contributed by atoms with E-state index in [1.807, 2.05) is 19.9 Å². The number of ether oxygens (including phenoxy) is 1.